The minimum Gasteiger partial charge on any atom is -0.497 e. The molecule has 1 amide bonds. The van der Waals surface area contributed by atoms with Crippen LogP contribution in [0.3, 0.4) is 0 Å². The van der Waals surface area contributed by atoms with Gasteiger partial charge < -0.3 is 15.0 Å². The lowest BCUT2D eigenvalue weighted by molar-refractivity contribution is -0.384. The third-order valence-corrected chi connectivity index (χ3v) is 5.31. The van der Waals surface area contributed by atoms with E-state index in [-0.39, 0.29) is 17.5 Å². The number of piperidine rings is 1. The van der Waals surface area contributed by atoms with Crippen molar-refractivity contribution in [1.29, 1.82) is 0 Å². The molecule has 7 nitrogen and oxygen atoms in total. The Balaban J connectivity index is 1.61. The van der Waals surface area contributed by atoms with Gasteiger partial charge in [0.05, 0.1) is 17.6 Å². The van der Waals surface area contributed by atoms with Crippen molar-refractivity contribution < 1.29 is 27.6 Å². The zero-order valence-electron chi connectivity index (χ0n) is 16.8. The summed E-state index contributed by atoms with van der Waals surface area (Å²) >= 11 is 0. The van der Waals surface area contributed by atoms with Crippen molar-refractivity contribution in [2.24, 2.45) is 5.92 Å². The maximum atomic E-state index is 12.9. The number of rotatable bonds is 6. The Hall–Kier alpha value is -3.30. The lowest BCUT2D eigenvalue weighted by atomic mass is 9.95. The first-order valence-electron chi connectivity index (χ1n) is 9.70. The molecule has 1 saturated heterocycles. The first-order chi connectivity index (χ1) is 14.7. The molecule has 1 heterocycles. The Labute approximate surface area is 177 Å². The van der Waals surface area contributed by atoms with E-state index in [1.165, 1.54) is 0 Å². The second kappa shape index (κ2) is 9.23. The van der Waals surface area contributed by atoms with Gasteiger partial charge in [0.25, 0.3) is 5.69 Å². The van der Waals surface area contributed by atoms with Crippen LogP contribution in [0.25, 0.3) is 0 Å². The summed E-state index contributed by atoms with van der Waals surface area (Å²) in [6, 6.07) is 9.86. The van der Waals surface area contributed by atoms with Crippen molar-refractivity contribution in [3.8, 4) is 5.75 Å². The van der Waals surface area contributed by atoms with E-state index < -0.39 is 22.4 Å². The largest absolute Gasteiger partial charge is 0.497 e. The van der Waals surface area contributed by atoms with E-state index in [1.807, 2.05) is 24.3 Å². The maximum absolute atomic E-state index is 12.9. The van der Waals surface area contributed by atoms with E-state index in [9.17, 15) is 28.1 Å². The number of carbonyl (C=O) groups excluding carboxylic acids is 1. The number of nitrogens with one attached hydrogen (secondary N) is 1. The fourth-order valence-electron chi connectivity index (χ4n) is 3.61. The molecule has 2 aromatic carbocycles. The van der Waals surface area contributed by atoms with Crippen molar-refractivity contribution in [1.82, 2.24) is 5.32 Å². The van der Waals surface area contributed by atoms with E-state index in [1.54, 1.807) is 12.0 Å². The number of hydrogen-bond donors (Lipinski definition) is 1. The topological polar surface area (TPSA) is 84.7 Å². The standard InChI is InChI=1S/C21H22F3N3O4/c1-31-17-4-2-3-14(11-17)13-25-20(28)15-7-9-26(10-8-15)18-6-5-16(21(22,23)24)12-19(18)27(29)30/h2-6,11-12,15H,7-10,13H2,1H3,(H,25,28). The summed E-state index contributed by atoms with van der Waals surface area (Å²) in [7, 11) is 1.56. The summed E-state index contributed by atoms with van der Waals surface area (Å²) < 4.78 is 43.8. The number of amides is 1. The third-order valence-electron chi connectivity index (χ3n) is 5.31. The number of nitrogens with zero attached hydrogens (tertiary/aromatic N) is 2. The molecule has 10 heteroatoms. The minimum absolute atomic E-state index is 0.121. The average Bonchev–Trinajstić information content (AvgIpc) is 2.76. The van der Waals surface area contributed by atoms with Crippen molar-refractivity contribution in [2.45, 2.75) is 25.6 Å². The smallest absolute Gasteiger partial charge is 0.416 e. The second-order valence-corrected chi connectivity index (χ2v) is 7.29. The first-order valence-corrected chi connectivity index (χ1v) is 9.70. The lowest BCUT2D eigenvalue weighted by Crippen LogP contribution is -2.40. The molecule has 1 fully saturated rings. The highest BCUT2D eigenvalue weighted by Gasteiger charge is 2.34. The van der Waals surface area contributed by atoms with Crippen LogP contribution in [0, 0.1) is 16.0 Å². The van der Waals surface area contributed by atoms with Gasteiger partial charge in [0.2, 0.25) is 5.91 Å². The van der Waals surface area contributed by atoms with Gasteiger partial charge >= 0.3 is 6.18 Å². The molecule has 0 aromatic heterocycles. The average molecular weight is 437 g/mol. The molecule has 3 rings (SSSR count). The number of benzene rings is 2. The molecule has 1 aliphatic heterocycles. The lowest BCUT2D eigenvalue weighted by Gasteiger charge is -2.32. The fraction of sp³-hybridized carbons (Fsp3) is 0.381. The van der Waals surface area contributed by atoms with E-state index in [0.29, 0.717) is 44.3 Å². The molecular formula is C21H22F3N3O4. The minimum atomic E-state index is -4.66. The van der Waals surface area contributed by atoms with Gasteiger partial charge in [0.15, 0.2) is 0 Å². The quantitative estimate of drug-likeness (QED) is 0.542. The van der Waals surface area contributed by atoms with Crippen LogP contribution in [-0.4, -0.2) is 31.0 Å². The van der Waals surface area contributed by atoms with Gasteiger partial charge in [0, 0.05) is 31.6 Å². The number of carbonyl (C=O) groups is 1. The molecule has 0 aliphatic carbocycles. The first kappa shape index (κ1) is 22.4. The SMILES string of the molecule is COc1cccc(CNC(=O)C2CCN(c3ccc(C(F)(F)F)cc3[N+](=O)[O-])CC2)c1. The fourth-order valence-corrected chi connectivity index (χ4v) is 3.61. The molecule has 0 bridgehead atoms. The van der Waals surface area contributed by atoms with Gasteiger partial charge in [-0.25, -0.2) is 0 Å². The molecule has 31 heavy (non-hydrogen) atoms. The summed E-state index contributed by atoms with van der Waals surface area (Å²) in [5.41, 5.74) is -0.621. The Morgan fingerprint density at radius 2 is 1.94 bits per heavy atom. The highest BCUT2D eigenvalue weighted by atomic mass is 19.4. The van der Waals surface area contributed by atoms with Crippen LogP contribution in [0.5, 0.6) is 5.75 Å². The van der Waals surface area contributed by atoms with Gasteiger partial charge in [-0.05, 0) is 42.7 Å². The number of halogens is 3. The van der Waals surface area contributed by atoms with Crippen LogP contribution in [0.15, 0.2) is 42.5 Å². The van der Waals surface area contributed by atoms with Crippen LogP contribution >= 0.6 is 0 Å². The van der Waals surface area contributed by atoms with Crippen LogP contribution in [0.2, 0.25) is 0 Å². The molecule has 1 aliphatic rings. The predicted molar refractivity (Wildman–Crippen MR) is 108 cm³/mol. The van der Waals surface area contributed by atoms with Gasteiger partial charge in [0.1, 0.15) is 11.4 Å². The predicted octanol–water partition coefficient (Wildman–Crippen LogP) is 4.16. The summed E-state index contributed by atoms with van der Waals surface area (Å²) in [4.78, 5) is 24.7. The Bertz CT molecular complexity index is 957. The van der Waals surface area contributed by atoms with E-state index in [4.69, 9.17) is 4.74 Å². The van der Waals surface area contributed by atoms with Crippen LogP contribution < -0.4 is 15.0 Å². The van der Waals surface area contributed by atoms with E-state index >= 15 is 0 Å². The normalized spacial score (nSPS) is 14.9. The third kappa shape index (κ3) is 5.44. The highest BCUT2D eigenvalue weighted by Crippen LogP contribution is 2.37. The summed E-state index contributed by atoms with van der Waals surface area (Å²) in [6.45, 7) is 1.02. The van der Waals surface area contributed by atoms with Crippen molar-refractivity contribution >= 4 is 17.3 Å². The van der Waals surface area contributed by atoms with Gasteiger partial charge in [-0.3, -0.25) is 14.9 Å². The van der Waals surface area contributed by atoms with Gasteiger partial charge in [-0.1, -0.05) is 12.1 Å². The summed E-state index contributed by atoms with van der Waals surface area (Å²) in [5, 5.41) is 14.2. The van der Waals surface area contributed by atoms with Crippen LogP contribution in [-0.2, 0) is 17.5 Å². The molecule has 0 atom stereocenters. The van der Waals surface area contributed by atoms with E-state index in [2.05, 4.69) is 5.32 Å². The zero-order chi connectivity index (χ0) is 22.6. The molecular weight excluding hydrogens is 415 g/mol. The summed E-state index contributed by atoms with van der Waals surface area (Å²) in [5.74, 6) is 0.304. The highest BCUT2D eigenvalue weighted by molar-refractivity contribution is 5.79. The molecule has 0 spiro atoms. The number of anilines is 1. The number of ether oxygens (including phenoxy) is 1. The molecule has 0 unspecified atom stereocenters. The maximum Gasteiger partial charge on any atom is 0.416 e. The number of alkyl halides is 3. The molecule has 0 radical (unpaired) electrons. The van der Waals surface area contributed by atoms with Crippen LogP contribution in [0.1, 0.15) is 24.0 Å². The molecule has 2 aromatic rings. The second-order valence-electron chi connectivity index (χ2n) is 7.29. The number of methoxy groups -OCH3 is 1. The van der Waals surface area contributed by atoms with Crippen molar-refractivity contribution in [2.75, 3.05) is 25.1 Å². The van der Waals surface area contributed by atoms with Gasteiger partial charge in [-0.2, -0.15) is 13.2 Å². The zero-order valence-corrected chi connectivity index (χ0v) is 16.8. The Morgan fingerprint density at radius 3 is 2.55 bits per heavy atom. The Morgan fingerprint density at radius 1 is 1.23 bits per heavy atom. The number of hydrogen-bond acceptors (Lipinski definition) is 5. The van der Waals surface area contributed by atoms with E-state index in [0.717, 1.165) is 17.7 Å². The van der Waals surface area contributed by atoms with Gasteiger partial charge in [-0.15, -0.1) is 0 Å². The molecule has 0 saturated carbocycles. The molecule has 166 valence electrons. The Kier molecular flexibility index (Phi) is 6.67. The summed E-state index contributed by atoms with van der Waals surface area (Å²) in [6.07, 6.45) is -3.76. The molecule has 1 N–H and O–H groups in total. The van der Waals surface area contributed by atoms with Crippen molar-refractivity contribution in [3.05, 3.63) is 63.7 Å². The van der Waals surface area contributed by atoms with Crippen molar-refractivity contribution in [3.63, 3.8) is 0 Å². The van der Waals surface area contributed by atoms with Crippen LogP contribution in [0.4, 0.5) is 24.5 Å². The number of nitro benzene ring substituents is 1. The monoisotopic (exact) mass is 437 g/mol. The number of nitro groups is 1.